The quantitative estimate of drug-likeness (QED) is 0.528. The van der Waals surface area contributed by atoms with E-state index in [1.54, 1.807) is 0 Å². The van der Waals surface area contributed by atoms with Gasteiger partial charge in [-0.05, 0) is 57.0 Å². The van der Waals surface area contributed by atoms with Crippen LogP contribution in [-0.2, 0) is 13.0 Å². The number of nitrogens with one attached hydrogen (secondary N) is 1. The Morgan fingerprint density at radius 1 is 1.04 bits per heavy atom. The summed E-state index contributed by atoms with van der Waals surface area (Å²) in [7, 11) is 0. The summed E-state index contributed by atoms with van der Waals surface area (Å²) in [6.07, 6.45) is 6.98. The number of hydrogen-bond donors (Lipinski definition) is 1. The molecule has 0 amide bonds. The zero-order valence-corrected chi connectivity index (χ0v) is 16.5. The maximum atomic E-state index is 8.16. The first-order valence-corrected chi connectivity index (χ1v) is 10.5. The standard InChI is InChI=1S/C22H29N3S/c1-18(24-22(23)14-11-19-9-5-4-6-10-19)21-13-12-20(26-21)17-25-15-7-2-3-8-16-25/h4-6,9-10,12-13,23H,2-3,7-8,11,14-17H2,1H3. The van der Waals surface area contributed by atoms with Crippen LogP contribution in [0.25, 0.3) is 0 Å². The van der Waals surface area contributed by atoms with Gasteiger partial charge in [-0.25, -0.2) is 4.99 Å². The molecule has 1 fully saturated rings. The molecular weight excluding hydrogens is 338 g/mol. The van der Waals surface area contributed by atoms with E-state index in [1.807, 2.05) is 36.5 Å². The van der Waals surface area contributed by atoms with E-state index >= 15 is 0 Å². The highest BCUT2D eigenvalue weighted by Crippen LogP contribution is 2.21. The van der Waals surface area contributed by atoms with E-state index in [2.05, 4.69) is 34.2 Å². The van der Waals surface area contributed by atoms with Crippen LogP contribution in [0.1, 0.15) is 54.3 Å². The average molecular weight is 368 g/mol. The average Bonchev–Trinajstić information content (AvgIpc) is 2.97. The molecule has 1 aliphatic heterocycles. The molecule has 2 aromatic rings. The number of aliphatic imine (C=N–C) groups is 1. The minimum Gasteiger partial charge on any atom is -0.298 e. The zero-order valence-electron chi connectivity index (χ0n) is 15.7. The highest BCUT2D eigenvalue weighted by atomic mass is 32.1. The van der Waals surface area contributed by atoms with Gasteiger partial charge in [-0.2, -0.15) is 0 Å². The van der Waals surface area contributed by atoms with E-state index in [1.165, 1.54) is 54.1 Å². The largest absolute Gasteiger partial charge is 0.298 e. The molecule has 1 aliphatic rings. The molecule has 3 nitrogen and oxygen atoms in total. The van der Waals surface area contributed by atoms with E-state index in [-0.39, 0.29) is 0 Å². The minimum atomic E-state index is 0.467. The summed E-state index contributed by atoms with van der Waals surface area (Å²) in [5, 5.41) is 8.16. The van der Waals surface area contributed by atoms with Crippen LogP contribution in [-0.4, -0.2) is 29.5 Å². The van der Waals surface area contributed by atoms with E-state index in [0.717, 1.165) is 18.7 Å². The first-order valence-electron chi connectivity index (χ1n) is 9.69. The summed E-state index contributed by atoms with van der Waals surface area (Å²) in [4.78, 5) is 9.72. The molecule has 0 radical (unpaired) electrons. The van der Waals surface area contributed by atoms with Crippen molar-refractivity contribution in [2.24, 2.45) is 4.99 Å². The molecule has 1 saturated heterocycles. The van der Waals surface area contributed by atoms with E-state index in [9.17, 15) is 0 Å². The molecule has 0 bridgehead atoms. The molecule has 0 spiro atoms. The van der Waals surface area contributed by atoms with Gasteiger partial charge in [-0.3, -0.25) is 10.3 Å². The number of rotatable bonds is 6. The van der Waals surface area contributed by atoms with Gasteiger partial charge in [0.2, 0.25) is 0 Å². The van der Waals surface area contributed by atoms with Crippen LogP contribution in [0, 0.1) is 5.41 Å². The molecule has 138 valence electrons. The molecule has 0 aliphatic carbocycles. The fourth-order valence-corrected chi connectivity index (χ4v) is 4.39. The maximum Gasteiger partial charge on any atom is 0.121 e. The SMILES string of the molecule is CC(=NC(=N)CCc1ccccc1)c1ccc(CN2CCCCCC2)s1. The molecule has 3 rings (SSSR count). The summed E-state index contributed by atoms with van der Waals surface area (Å²) in [6, 6.07) is 14.7. The number of benzene rings is 1. The lowest BCUT2D eigenvalue weighted by Gasteiger charge is -2.18. The number of amidine groups is 1. The fourth-order valence-electron chi connectivity index (χ4n) is 3.39. The topological polar surface area (TPSA) is 39.5 Å². The smallest absolute Gasteiger partial charge is 0.121 e. The molecular formula is C22H29N3S. The van der Waals surface area contributed by atoms with Crippen molar-refractivity contribution in [3.05, 3.63) is 57.8 Å². The Bertz CT molecular complexity index is 725. The van der Waals surface area contributed by atoms with Crippen molar-refractivity contribution in [2.75, 3.05) is 13.1 Å². The maximum absolute atomic E-state index is 8.16. The zero-order chi connectivity index (χ0) is 18.2. The Kier molecular flexibility index (Phi) is 7.15. The predicted molar refractivity (Wildman–Crippen MR) is 113 cm³/mol. The Labute approximate surface area is 161 Å². The molecule has 0 unspecified atom stereocenters. The van der Waals surface area contributed by atoms with Crippen molar-refractivity contribution in [1.82, 2.24) is 4.90 Å². The first-order chi connectivity index (χ1) is 12.7. The number of aryl methyl sites for hydroxylation is 1. The molecule has 4 heteroatoms. The molecule has 0 atom stereocenters. The van der Waals surface area contributed by atoms with Gasteiger partial charge in [0.1, 0.15) is 5.84 Å². The number of hydrogen-bond acceptors (Lipinski definition) is 3. The second kappa shape index (κ2) is 9.79. The highest BCUT2D eigenvalue weighted by molar-refractivity contribution is 7.14. The minimum absolute atomic E-state index is 0.467. The number of thiophene rings is 1. The summed E-state index contributed by atoms with van der Waals surface area (Å²) in [6.45, 7) is 5.54. The summed E-state index contributed by atoms with van der Waals surface area (Å²) >= 11 is 1.83. The van der Waals surface area contributed by atoms with Gasteiger partial charge >= 0.3 is 0 Å². The van der Waals surface area contributed by atoms with Crippen molar-refractivity contribution in [1.29, 1.82) is 5.41 Å². The highest BCUT2D eigenvalue weighted by Gasteiger charge is 2.11. The first kappa shape index (κ1) is 19.0. The predicted octanol–water partition coefficient (Wildman–Crippen LogP) is 5.54. The molecule has 26 heavy (non-hydrogen) atoms. The summed E-state index contributed by atoms with van der Waals surface area (Å²) in [5.74, 6) is 0.467. The Morgan fingerprint density at radius 2 is 1.77 bits per heavy atom. The third-order valence-corrected chi connectivity index (χ3v) is 6.07. The van der Waals surface area contributed by atoms with Gasteiger partial charge in [-0.1, -0.05) is 43.2 Å². The van der Waals surface area contributed by atoms with Crippen molar-refractivity contribution >= 4 is 22.9 Å². The molecule has 1 aromatic heterocycles. The summed E-state index contributed by atoms with van der Waals surface area (Å²) in [5.41, 5.74) is 2.23. The molecule has 1 aromatic carbocycles. The Hall–Kier alpha value is -1.78. The Morgan fingerprint density at radius 3 is 2.50 bits per heavy atom. The van der Waals surface area contributed by atoms with Crippen molar-refractivity contribution in [3.63, 3.8) is 0 Å². The molecule has 0 saturated carbocycles. The van der Waals surface area contributed by atoms with Crippen LogP contribution in [0.5, 0.6) is 0 Å². The van der Waals surface area contributed by atoms with Crippen molar-refractivity contribution in [3.8, 4) is 0 Å². The van der Waals surface area contributed by atoms with Crippen molar-refractivity contribution < 1.29 is 0 Å². The normalized spacial score (nSPS) is 16.4. The van der Waals surface area contributed by atoms with Gasteiger partial charge < -0.3 is 0 Å². The second-order valence-electron chi connectivity index (χ2n) is 7.09. The van der Waals surface area contributed by atoms with Crippen molar-refractivity contribution in [2.45, 2.75) is 52.0 Å². The van der Waals surface area contributed by atoms with Crippen LogP contribution in [0.15, 0.2) is 47.5 Å². The lowest BCUT2D eigenvalue weighted by atomic mass is 10.1. The number of nitrogens with zero attached hydrogens (tertiary/aromatic N) is 2. The van der Waals surface area contributed by atoms with Crippen LogP contribution in [0.2, 0.25) is 0 Å². The van der Waals surface area contributed by atoms with Gasteiger partial charge in [0.05, 0.1) is 5.71 Å². The lowest BCUT2D eigenvalue weighted by Crippen LogP contribution is -2.23. The van der Waals surface area contributed by atoms with E-state index in [0.29, 0.717) is 12.3 Å². The molecule has 1 N–H and O–H groups in total. The molecule has 2 heterocycles. The monoisotopic (exact) mass is 367 g/mol. The van der Waals surface area contributed by atoms with Gasteiger partial charge in [0.25, 0.3) is 0 Å². The van der Waals surface area contributed by atoms with Crippen LogP contribution in [0.3, 0.4) is 0 Å². The third-order valence-electron chi connectivity index (χ3n) is 4.89. The van der Waals surface area contributed by atoms with Crippen LogP contribution in [0.4, 0.5) is 0 Å². The van der Waals surface area contributed by atoms with Crippen LogP contribution >= 0.6 is 11.3 Å². The number of likely N-dealkylation sites (tertiary alicyclic amines) is 1. The van der Waals surface area contributed by atoms with Gasteiger partial charge in [-0.15, -0.1) is 11.3 Å². The Balaban J connectivity index is 1.53. The lowest BCUT2D eigenvalue weighted by molar-refractivity contribution is 0.279. The fraction of sp³-hybridized carbons (Fsp3) is 0.455. The summed E-state index contributed by atoms with van der Waals surface area (Å²) < 4.78 is 0. The second-order valence-corrected chi connectivity index (χ2v) is 8.25. The third kappa shape index (κ3) is 5.89. The van der Waals surface area contributed by atoms with E-state index < -0.39 is 0 Å². The van der Waals surface area contributed by atoms with Gasteiger partial charge in [0, 0.05) is 22.7 Å². The van der Waals surface area contributed by atoms with E-state index in [4.69, 9.17) is 5.41 Å². The van der Waals surface area contributed by atoms with Crippen LogP contribution < -0.4 is 0 Å². The van der Waals surface area contributed by atoms with Gasteiger partial charge in [0.15, 0.2) is 0 Å².